The number of fused-ring (bicyclic) bond motifs is 1. The molecule has 1 aliphatic heterocycles. The zero-order valence-electron chi connectivity index (χ0n) is 20.4. The van der Waals surface area contributed by atoms with Gasteiger partial charge < -0.3 is 15.0 Å². The van der Waals surface area contributed by atoms with Gasteiger partial charge in [0.2, 0.25) is 10.0 Å². The minimum absolute atomic E-state index is 0.0611. The Balaban J connectivity index is 1.61. The molecular formula is C22H29F2N7O3S2. The second-order valence-corrected chi connectivity index (χ2v) is 12.6. The number of pyridine rings is 1. The van der Waals surface area contributed by atoms with E-state index in [1.807, 2.05) is 6.92 Å². The van der Waals surface area contributed by atoms with E-state index in [-0.39, 0.29) is 27.9 Å². The zero-order chi connectivity index (χ0) is 25.8. The number of rotatable bonds is 8. The SMILES string of the molecule is COC[C@@H]1C[C@]1(C)NS(=O)(=O)c1cc(N2C[C@H](C)N[C@@H](C)C2)c2ncc(-c3nnc(C(F)F)s3)n2c1. The van der Waals surface area contributed by atoms with Crippen molar-refractivity contribution in [3.63, 3.8) is 0 Å². The van der Waals surface area contributed by atoms with Crippen molar-refractivity contribution in [3.8, 4) is 10.7 Å². The molecule has 1 saturated heterocycles. The number of hydrogen-bond acceptors (Lipinski definition) is 9. The second kappa shape index (κ2) is 9.24. The number of methoxy groups -OCH3 is 1. The number of anilines is 1. The number of imidazole rings is 1. The zero-order valence-corrected chi connectivity index (χ0v) is 22.0. The lowest BCUT2D eigenvalue weighted by Crippen LogP contribution is -2.54. The Labute approximate surface area is 212 Å². The van der Waals surface area contributed by atoms with Crippen LogP contribution in [-0.2, 0) is 14.8 Å². The number of sulfonamides is 1. The summed E-state index contributed by atoms with van der Waals surface area (Å²) < 4.78 is 63.1. The number of hydrogen-bond donors (Lipinski definition) is 2. The van der Waals surface area contributed by atoms with Crippen LogP contribution in [0.2, 0.25) is 0 Å². The van der Waals surface area contributed by atoms with Crippen LogP contribution in [0.5, 0.6) is 0 Å². The molecule has 10 nitrogen and oxygen atoms in total. The monoisotopic (exact) mass is 541 g/mol. The van der Waals surface area contributed by atoms with Crippen LogP contribution in [0.15, 0.2) is 23.4 Å². The number of ether oxygens (including phenoxy) is 1. The molecule has 1 saturated carbocycles. The van der Waals surface area contributed by atoms with Gasteiger partial charge in [0.25, 0.3) is 6.43 Å². The van der Waals surface area contributed by atoms with Crippen LogP contribution in [0.1, 0.15) is 38.6 Å². The molecule has 196 valence electrons. The summed E-state index contributed by atoms with van der Waals surface area (Å²) in [6, 6.07) is 2.00. The fraction of sp³-hybridized carbons (Fsp3) is 0.591. The molecule has 2 aliphatic rings. The minimum atomic E-state index is -3.92. The van der Waals surface area contributed by atoms with Gasteiger partial charge in [-0.3, -0.25) is 4.40 Å². The molecule has 14 heteroatoms. The van der Waals surface area contributed by atoms with Crippen molar-refractivity contribution in [2.75, 3.05) is 31.7 Å². The summed E-state index contributed by atoms with van der Waals surface area (Å²) in [5.74, 6) is 0.0910. The van der Waals surface area contributed by atoms with Crippen LogP contribution in [0.25, 0.3) is 16.3 Å². The summed E-state index contributed by atoms with van der Waals surface area (Å²) in [7, 11) is -2.33. The highest BCUT2D eigenvalue weighted by molar-refractivity contribution is 7.89. The molecule has 2 fully saturated rings. The van der Waals surface area contributed by atoms with Gasteiger partial charge in [-0.2, -0.15) is 0 Å². The molecule has 0 bridgehead atoms. The van der Waals surface area contributed by atoms with Crippen molar-refractivity contribution < 1.29 is 21.9 Å². The minimum Gasteiger partial charge on any atom is -0.384 e. The summed E-state index contributed by atoms with van der Waals surface area (Å²) in [4.78, 5) is 6.71. The van der Waals surface area contributed by atoms with E-state index in [4.69, 9.17) is 4.74 Å². The molecule has 4 heterocycles. The lowest BCUT2D eigenvalue weighted by atomic mass is 10.1. The summed E-state index contributed by atoms with van der Waals surface area (Å²) in [6.45, 7) is 7.77. The van der Waals surface area contributed by atoms with E-state index in [2.05, 4.69) is 44.0 Å². The number of piperazine rings is 1. The molecule has 2 N–H and O–H groups in total. The summed E-state index contributed by atoms with van der Waals surface area (Å²) in [6.07, 6.45) is 0.928. The maximum atomic E-state index is 13.6. The highest BCUT2D eigenvalue weighted by Crippen LogP contribution is 2.44. The van der Waals surface area contributed by atoms with Gasteiger partial charge in [-0.15, -0.1) is 10.2 Å². The summed E-state index contributed by atoms with van der Waals surface area (Å²) in [5.41, 5.74) is 0.982. The molecule has 4 atom stereocenters. The molecule has 0 spiro atoms. The van der Waals surface area contributed by atoms with Crippen molar-refractivity contribution in [3.05, 3.63) is 23.5 Å². The third kappa shape index (κ3) is 4.72. The first-order chi connectivity index (χ1) is 17.0. The topological polar surface area (TPSA) is 114 Å². The standard InChI is InChI=1S/C22H29F2N7O3S2/c1-12-8-30(9-13(2)26-12)16-5-15(36(32,33)29-22(3)6-14(22)11-34-4)10-31-17(7-25-19(16)31)20-27-28-21(35-20)18(23)24/h5,7,10,12-14,18,26,29H,6,8-9,11H2,1-4H3/t12-,13-,14-,22-/m0/s1. The smallest absolute Gasteiger partial charge is 0.291 e. The molecule has 36 heavy (non-hydrogen) atoms. The van der Waals surface area contributed by atoms with Gasteiger partial charge in [0.1, 0.15) is 10.6 Å². The van der Waals surface area contributed by atoms with E-state index < -0.39 is 27.0 Å². The third-order valence-electron chi connectivity index (χ3n) is 6.76. The molecule has 1 aliphatic carbocycles. The first kappa shape index (κ1) is 25.4. The maximum Gasteiger partial charge on any atom is 0.291 e. The number of nitrogens with one attached hydrogen (secondary N) is 2. The molecular weight excluding hydrogens is 512 g/mol. The van der Waals surface area contributed by atoms with Crippen LogP contribution in [0.3, 0.4) is 0 Å². The van der Waals surface area contributed by atoms with E-state index in [0.717, 1.165) is 11.3 Å². The van der Waals surface area contributed by atoms with Crippen LogP contribution in [0.4, 0.5) is 14.5 Å². The Morgan fingerprint density at radius 3 is 2.67 bits per heavy atom. The number of aromatic nitrogens is 4. The molecule has 3 aromatic heterocycles. The van der Waals surface area contributed by atoms with Crippen LogP contribution < -0.4 is 14.9 Å². The lowest BCUT2D eigenvalue weighted by molar-refractivity contribution is 0.150. The fourth-order valence-corrected chi connectivity index (χ4v) is 7.12. The van der Waals surface area contributed by atoms with Crippen molar-refractivity contribution in [1.29, 1.82) is 0 Å². The molecule has 0 amide bonds. The molecule has 3 aromatic rings. The van der Waals surface area contributed by atoms with Crippen LogP contribution in [0, 0.1) is 5.92 Å². The Kier molecular flexibility index (Phi) is 6.52. The third-order valence-corrected chi connectivity index (χ3v) is 9.29. The number of nitrogens with zero attached hydrogens (tertiary/aromatic N) is 5. The van der Waals surface area contributed by atoms with E-state index in [0.29, 0.717) is 43.1 Å². The van der Waals surface area contributed by atoms with Gasteiger partial charge in [-0.25, -0.2) is 26.9 Å². The van der Waals surface area contributed by atoms with Crippen molar-refractivity contribution in [2.45, 2.75) is 56.1 Å². The van der Waals surface area contributed by atoms with Crippen LogP contribution >= 0.6 is 11.3 Å². The average Bonchev–Trinajstić information content (AvgIpc) is 3.16. The first-order valence-electron chi connectivity index (χ1n) is 11.7. The molecule has 0 aromatic carbocycles. The molecule has 0 radical (unpaired) electrons. The van der Waals surface area contributed by atoms with Crippen molar-refractivity contribution >= 4 is 32.7 Å². The van der Waals surface area contributed by atoms with E-state index in [9.17, 15) is 17.2 Å². The Hall–Kier alpha value is -2.26. The summed E-state index contributed by atoms with van der Waals surface area (Å²) >= 11 is 0.759. The lowest BCUT2D eigenvalue weighted by Gasteiger charge is -2.37. The second-order valence-electron chi connectivity index (χ2n) is 9.90. The van der Waals surface area contributed by atoms with Gasteiger partial charge in [0.15, 0.2) is 15.7 Å². The Morgan fingerprint density at radius 2 is 2.03 bits per heavy atom. The van der Waals surface area contributed by atoms with Gasteiger partial charge in [0.05, 0.1) is 18.5 Å². The van der Waals surface area contributed by atoms with E-state index in [1.54, 1.807) is 17.6 Å². The van der Waals surface area contributed by atoms with Crippen LogP contribution in [-0.4, -0.2) is 72.4 Å². The summed E-state index contributed by atoms with van der Waals surface area (Å²) in [5, 5.41) is 10.8. The fourth-order valence-electron chi connectivity index (χ4n) is 4.92. The highest BCUT2D eigenvalue weighted by atomic mass is 32.2. The Morgan fingerprint density at radius 1 is 1.31 bits per heavy atom. The number of halogens is 2. The van der Waals surface area contributed by atoms with Crippen molar-refractivity contribution in [2.24, 2.45) is 5.92 Å². The first-order valence-corrected chi connectivity index (χ1v) is 14.0. The predicted octanol–water partition coefficient (Wildman–Crippen LogP) is 2.68. The van der Waals surface area contributed by atoms with Gasteiger partial charge in [-0.05, 0) is 33.3 Å². The quantitative estimate of drug-likeness (QED) is 0.448. The highest BCUT2D eigenvalue weighted by Gasteiger charge is 2.52. The largest absolute Gasteiger partial charge is 0.384 e. The van der Waals surface area contributed by atoms with Gasteiger partial charge in [-0.1, -0.05) is 11.3 Å². The maximum absolute atomic E-state index is 13.6. The average molecular weight is 542 g/mol. The van der Waals surface area contributed by atoms with Crippen molar-refractivity contribution in [1.82, 2.24) is 29.6 Å². The van der Waals surface area contributed by atoms with Gasteiger partial charge >= 0.3 is 0 Å². The number of alkyl halides is 2. The molecule has 0 unspecified atom stereocenters. The molecule has 5 rings (SSSR count). The van der Waals surface area contributed by atoms with E-state index in [1.165, 1.54) is 12.4 Å². The predicted molar refractivity (Wildman–Crippen MR) is 132 cm³/mol. The Bertz CT molecular complexity index is 1370. The van der Waals surface area contributed by atoms with Gasteiger partial charge in [0, 0.05) is 49.9 Å². The van der Waals surface area contributed by atoms with E-state index >= 15 is 0 Å². The normalized spacial score (nSPS) is 26.8.